The van der Waals surface area contributed by atoms with Gasteiger partial charge in [-0.1, -0.05) is 30.3 Å². The molecule has 1 aromatic heterocycles. The van der Waals surface area contributed by atoms with Gasteiger partial charge in [-0.05, 0) is 29.0 Å². The number of likely N-dealkylation sites (N-methyl/N-ethyl adjacent to an activating group) is 1. The molecule has 3 nitrogen and oxygen atoms in total. The Kier molecular flexibility index (Phi) is 4.36. The summed E-state index contributed by atoms with van der Waals surface area (Å²) in [5.41, 5.74) is 2.57. The fourth-order valence-electron chi connectivity index (χ4n) is 2.70. The number of nitrogens with zero attached hydrogens (tertiary/aromatic N) is 2. The summed E-state index contributed by atoms with van der Waals surface area (Å²) in [6, 6.07) is 12.3. The van der Waals surface area contributed by atoms with Crippen LogP contribution in [0.3, 0.4) is 0 Å². The highest BCUT2D eigenvalue weighted by atomic mass is 32.1. The van der Waals surface area contributed by atoms with Crippen LogP contribution in [0.5, 0.6) is 0 Å². The van der Waals surface area contributed by atoms with E-state index >= 15 is 0 Å². The Bertz CT molecular complexity index is 608. The molecule has 3 rings (SSSR count). The Morgan fingerprint density at radius 2 is 2.10 bits per heavy atom. The lowest BCUT2D eigenvalue weighted by molar-refractivity contribution is -0.131. The molecule has 2 aromatic rings. The van der Waals surface area contributed by atoms with Crippen molar-refractivity contribution in [3.63, 3.8) is 0 Å². The summed E-state index contributed by atoms with van der Waals surface area (Å²) in [6.45, 7) is 3.08. The summed E-state index contributed by atoms with van der Waals surface area (Å²) in [5.74, 6) is 0.192. The molecule has 1 aromatic carbocycles. The van der Waals surface area contributed by atoms with Crippen LogP contribution in [0.2, 0.25) is 0 Å². The predicted molar refractivity (Wildman–Crippen MR) is 86.2 cm³/mol. The van der Waals surface area contributed by atoms with Crippen molar-refractivity contribution in [1.29, 1.82) is 0 Å². The summed E-state index contributed by atoms with van der Waals surface area (Å²) in [5, 5.41) is 2.15. The van der Waals surface area contributed by atoms with Crippen molar-refractivity contribution in [3.8, 4) is 0 Å². The molecule has 0 saturated carbocycles. The highest BCUT2D eigenvalue weighted by Gasteiger charge is 2.20. The molecule has 1 aliphatic heterocycles. The van der Waals surface area contributed by atoms with Gasteiger partial charge in [-0.2, -0.15) is 0 Å². The van der Waals surface area contributed by atoms with Gasteiger partial charge in [0.15, 0.2) is 0 Å². The third kappa shape index (κ3) is 3.52. The monoisotopic (exact) mass is 300 g/mol. The number of carbonyl (C=O) groups is 1. The zero-order chi connectivity index (χ0) is 14.7. The molecule has 0 spiro atoms. The summed E-state index contributed by atoms with van der Waals surface area (Å²) in [6.07, 6.45) is 1.07. The van der Waals surface area contributed by atoms with Gasteiger partial charge < -0.3 is 4.90 Å². The lowest BCUT2D eigenvalue weighted by atomic mass is 10.1. The molecular formula is C17H20N2OS. The number of amides is 1. The molecule has 2 heterocycles. The van der Waals surface area contributed by atoms with Crippen LogP contribution < -0.4 is 0 Å². The van der Waals surface area contributed by atoms with Crippen LogP contribution in [0.15, 0.2) is 41.8 Å². The normalized spacial score (nSPS) is 14.7. The van der Waals surface area contributed by atoms with Gasteiger partial charge in [0, 0.05) is 31.6 Å². The number of carbonyl (C=O) groups excluding carboxylic acids is 1. The van der Waals surface area contributed by atoms with Gasteiger partial charge in [0.2, 0.25) is 5.91 Å². The van der Waals surface area contributed by atoms with Crippen LogP contribution >= 0.6 is 11.3 Å². The van der Waals surface area contributed by atoms with Gasteiger partial charge in [-0.15, -0.1) is 11.3 Å². The summed E-state index contributed by atoms with van der Waals surface area (Å²) >= 11 is 1.83. The first kappa shape index (κ1) is 14.3. The topological polar surface area (TPSA) is 23.6 Å². The quantitative estimate of drug-likeness (QED) is 0.867. The first-order chi connectivity index (χ1) is 10.2. The van der Waals surface area contributed by atoms with Gasteiger partial charge >= 0.3 is 0 Å². The molecule has 21 heavy (non-hydrogen) atoms. The van der Waals surface area contributed by atoms with E-state index in [0.29, 0.717) is 13.1 Å². The second-order valence-corrected chi connectivity index (χ2v) is 6.57. The Labute approximate surface area is 129 Å². The molecule has 4 heteroatoms. The zero-order valence-electron chi connectivity index (χ0n) is 12.3. The molecule has 0 N–H and O–H groups in total. The number of fused-ring (bicyclic) bond motifs is 1. The number of hydrogen-bond donors (Lipinski definition) is 0. The van der Waals surface area contributed by atoms with Crippen molar-refractivity contribution in [3.05, 3.63) is 57.8 Å². The standard InChI is InChI=1S/C17H20N2OS/c1-18(11-14-5-3-2-4-6-14)17(20)13-19-9-7-16-15(12-19)8-10-21-16/h2-6,8,10H,7,9,11-13H2,1H3. The van der Waals surface area contributed by atoms with Crippen molar-refractivity contribution >= 4 is 17.2 Å². The van der Waals surface area contributed by atoms with E-state index in [1.165, 1.54) is 16.0 Å². The van der Waals surface area contributed by atoms with E-state index in [-0.39, 0.29) is 5.91 Å². The first-order valence-electron chi connectivity index (χ1n) is 7.28. The highest BCUT2D eigenvalue weighted by Crippen LogP contribution is 2.23. The zero-order valence-corrected chi connectivity index (χ0v) is 13.1. The minimum absolute atomic E-state index is 0.192. The van der Waals surface area contributed by atoms with Gasteiger partial charge in [-0.25, -0.2) is 0 Å². The molecule has 0 saturated heterocycles. The second-order valence-electron chi connectivity index (χ2n) is 5.57. The summed E-state index contributed by atoms with van der Waals surface area (Å²) < 4.78 is 0. The van der Waals surface area contributed by atoms with Gasteiger partial charge in [0.25, 0.3) is 0 Å². The molecule has 0 unspecified atom stereocenters. The number of thiophene rings is 1. The van der Waals surface area contributed by atoms with Crippen LogP contribution in [-0.2, 0) is 24.3 Å². The van der Waals surface area contributed by atoms with Crippen molar-refractivity contribution in [2.45, 2.75) is 19.5 Å². The number of rotatable bonds is 4. The van der Waals surface area contributed by atoms with Gasteiger partial charge in [-0.3, -0.25) is 9.69 Å². The summed E-state index contributed by atoms with van der Waals surface area (Å²) in [7, 11) is 1.88. The largest absolute Gasteiger partial charge is 0.340 e. The predicted octanol–water partition coefficient (Wildman–Crippen LogP) is 2.76. The molecule has 0 bridgehead atoms. The molecule has 1 aliphatic rings. The van der Waals surface area contributed by atoms with Crippen LogP contribution in [0, 0.1) is 0 Å². The fraction of sp³-hybridized carbons (Fsp3) is 0.353. The fourth-order valence-corrected chi connectivity index (χ4v) is 3.59. The van der Waals surface area contributed by atoms with E-state index < -0.39 is 0 Å². The van der Waals surface area contributed by atoms with E-state index in [2.05, 4.69) is 28.5 Å². The van der Waals surface area contributed by atoms with E-state index in [1.54, 1.807) is 0 Å². The van der Waals surface area contributed by atoms with E-state index in [0.717, 1.165) is 19.5 Å². The molecule has 110 valence electrons. The average molecular weight is 300 g/mol. The third-order valence-corrected chi connectivity index (χ3v) is 4.96. The van der Waals surface area contributed by atoms with E-state index in [4.69, 9.17) is 0 Å². The van der Waals surface area contributed by atoms with Crippen LogP contribution in [0.4, 0.5) is 0 Å². The lowest BCUT2D eigenvalue weighted by Crippen LogP contribution is -2.40. The summed E-state index contributed by atoms with van der Waals surface area (Å²) in [4.78, 5) is 17.9. The highest BCUT2D eigenvalue weighted by molar-refractivity contribution is 7.10. The minimum Gasteiger partial charge on any atom is -0.340 e. The van der Waals surface area contributed by atoms with Crippen LogP contribution in [0.1, 0.15) is 16.0 Å². The molecule has 0 atom stereocenters. The maximum Gasteiger partial charge on any atom is 0.236 e. The Morgan fingerprint density at radius 3 is 2.90 bits per heavy atom. The van der Waals surface area contributed by atoms with Crippen molar-refractivity contribution in [2.75, 3.05) is 20.1 Å². The number of hydrogen-bond acceptors (Lipinski definition) is 3. The van der Waals surface area contributed by atoms with Crippen molar-refractivity contribution in [1.82, 2.24) is 9.80 Å². The lowest BCUT2D eigenvalue weighted by Gasteiger charge is -2.28. The smallest absolute Gasteiger partial charge is 0.236 e. The molecule has 1 amide bonds. The Morgan fingerprint density at radius 1 is 1.29 bits per heavy atom. The van der Waals surface area contributed by atoms with Crippen molar-refractivity contribution < 1.29 is 4.79 Å². The molecular weight excluding hydrogens is 280 g/mol. The van der Waals surface area contributed by atoms with E-state index in [9.17, 15) is 4.79 Å². The maximum atomic E-state index is 12.4. The van der Waals surface area contributed by atoms with Crippen molar-refractivity contribution in [2.24, 2.45) is 0 Å². The van der Waals surface area contributed by atoms with Crippen LogP contribution in [0.25, 0.3) is 0 Å². The van der Waals surface area contributed by atoms with E-state index in [1.807, 2.05) is 41.5 Å². The Balaban J connectivity index is 1.54. The van der Waals surface area contributed by atoms with Crippen LogP contribution in [-0.4, -0.2) is 35.8 Å². The average Bonchev–Trinajstić information content (AvgIpc) is 2.95. The second kappa shape index (κ2) is 6.41. The number of benzene rings is 1. The maximum absolute atomic E-state index is 12.4. The SMILES string of the molecule is CN(Cc1ccccc1)C(=O)CN1CCc2sccc2C1. The Hall–Kier alpha value is -1.65. The third-order valence-electron chi connectivity index (χ3n) is 3.93. The van der Waals surface area contributed by atoms with Gasteiger partial charge in [0.05, 0.1) is 6.54 Å². The van der Waals surface area contributed by atoms with Gasteiger partial charge in [0.1, 0.15) is 0 Å². The molecule has 0 fully saturated rings. The molecule has 0 aliphatic carbocycles. The first-order valence-corrected chi connectivity index (χ1v) is 8.16. The minimum atomic E-state index is 0.192. The molecule has 0 radical (unpaired) electrons.